The molecule has 0 fully saturated rings. The van der Waals surface area contributed by atoms with Crippen LogP contribution in [0, 0.1) is 6.92 Å². The summed E-state index contributed by atoms with van der Waals surface area (Å²) in [6.45, 7) is 2.06. The zero-order valence-electron chi connectivity index (χ0n) is 15.3. The summed E-state index contributed by atoms with van der Waals surface area (Å²) in [5.41, 5.74) is 1.85. The first kappa shape index (κ1) is 18.3. The first-order valence-electron chi connectivity index (χ1n) is 8.84. The fourth-order valence-electron chi connectivity index (χ4n) is 3.04. The SMILES string of the molecule is Cc1ccc(-c2csc3nc(CSc4nncn4-c4ccccc4)[nH]c(=O)c23)s1. The normalized spacial score (nSPS) is 11.3. The molecule has 1 N–H and O–H groups in total. The summed E-state index contributed by atoms with van der Waals surface area (Å²) >= 11 is 4.68. The molecule has 0 aliphatic heterocycles. The number of H-pyrrole nitrogens is 1. The third-order valence-electron chi connectivity index (χ3n) is 4.39. The molecule has 0 bridgehead atoms. The molecule has 1 aromatic carbocycles. The molecular formula is C20H15N5OS3. The molecule has 0 spiro atoms. The molecule has 0 unspecified atom stereocenters. The fraction of sp³-hybridized carbons (Fsp3) is 0.100. The molecule has 0 radical (unpaired) electrons. The minimum atomic E-state index is -0.0996. The summed E-state index contributed by atoms with van der Waals surface area (Å²) in [6, 6.07) is 14.0. The van der Waals surface area contributed by atoms with Crippen molar-refractivity contribution < 1.29 is 0 Å². The van der Waals surface area contributed by atoms with Gasteiger partial charge in [0.25, 0.3) is 5.56 Å². The molecule has 5 aromatic rings. The predicted molar refractivity (Wildman–Crippen MR) is 119 cm³/mol. The zero-order valence-corrected chi connectivity index (χ0v) is 17.8. The Kier molecular flexibility index (Phi) is 4.78. The van der Waals surface area contributed by atoms with Crippen molar-refractivity contribution >= 4 is 44.7 Å². The van der Waals surface area contributed by atoms with E-state index in [9.17, 15) is 4.79 Å². The largest absolute Gasteiger partial charge is 0.309 e. The topological polar surface area (TPSA) is 76.5 Å². The van der Waals surface area contributed by atoms with E-state index in [2.05, 4.69) is 39.2 Å². The number of nitrogens with one attached hydrogen (secondary N) is 1. The number of para-hydroxylation sites is 1. The second-order valence-electron chi connectivity index (χ2n) is 6.36. The van der Waals surface area contributed by atoms with Crippen LogP contribution in [0.25, 0.3) is 26.3 Å². The summed E-state index contributed by atoms with van der Waals surface area (Å²) in [5, 5.41) is 11.6. The third kappa shape index (κ3) is 3.52. The maximum absolute atomic E-state index is 12.8. The average molecular weight is 438 g/mol. The van der Waals surface area contributed by atoms with Crippen molar-refractivity contribution in [1.82, 2.24) is 24.7 Å². The Morgan fingerprint density at radius 1 is 1.17 bits per heavy atom. The van der Waals surface area contributed by atoms with Gasteiger partial charge in [0.05, 0.1) is 11.1 Å². The highest BCUT2D eigenvalue weighted by Crippen LogP contribution is 2.35. The number of thioether (sulfide) groups is 1. The molecular weight excluding hydrogens is 422 g/mol. The number of benzene rings is 1. The first-order chi connectivity index (χ1) is 14.2. The fourth-order valence-corrected chi connectivity index (χ4v) is 5.77. The molecule has 0 aliphatic carbocycles. The van der Waals surface area contributed by atoms with Crippen LogP contribution in [0.2, 0.25) is 0 Å². The number of fused-ring (bicyclic) bond motifs is 1. The van der Waals surface area contributed by atoms with Crippen molar-refractivity contribution in [2.24, 2.45) is 0 Å². The molecule has 0 saturated carbocycles. The number of aromatic nitrogens is 5. The van der Waals surface area contributed by atoms with Gasteiger partial charge in [0.15, 0.2) is 5.16 Å². The number of hydrogen-bond acceptors (Lipinski definition) is 7. The van der Waals surface area contributed by atoms with Crippen LogP contribution in [0.15, 0.2) is 64.1 Å². The second kappa shape index (κ2) is 7.58. The predicted octanol–water partition coefficient (Wildman–Crippen LogP) is 4.89. The van der Waals surface area contributed by atoms with E-state index in [1.165, 1.54) is 28.0 Å². The van der Waals surface area contributed by atoms with Gasteiger partial charge < -0.3 is 4.98 Å². The van der Waals surface area contributed by atoms with Gasteiger partial charge in [-0.3, -0.25) is 9.36 Å². The maximum atomic E-state index is 12.8. The van der Waals surface area contributed by atoms with E-state index in [4.69, 9.17) is 0 Å². The molecule has 4 heterocycles. The van der Waals surface area contributed by atoms with Crippen LogP contribution < -0.4 is 5.56 Å². The van der Waals surface area contributed by atoms with Gasteiger partial charge in [0.1, 0.15) is 17.0 Å². The van der Waals surface area contributed by atoms with Crippen LogP contribution in [-0.4, -0.2) is 24.7 Å². The Balaban J connectivity index is 1.43. The van der Waals surface area contributed by atoms with Crippen molar-refractivity contribution in [3.63, 3.8) is 0 Å². The number of aromatic amines is 1. The van der Waals surface area contributed by atoms with Crippen molar-refractivity contribution in [1.29, 1.82) is 0 Å². The third-order valence-corrected chi connectivity index (χ3v) is 7.25. The first-order valence-corrected chi connectivity index (χ1v) is 11.5. The number of nitrogens with zero attached hydrogens (tertiary/aromatic N) is 4. The molecule has 0 amide bonds. The van der Waals surface area contributed by atoms with Crippen LogP contribution in [0.4, 0.5) is 0 Å². The van der Waals surface area contributed by atoms with E-state index in [1.54, 1.807) is 17.7 Å². The molecule has 29 heavy (non-hydrogen) atoms. The molecule has 5 rings (SSSR count). The van der Waals surface area contributed by atoms with Gasteiger partial charge >= 0.3 is 0 Å². The minimum absolute atomic E-state index is 0.0996. The van der Waals surface area contributed by atoms with Gasteiger partial charge in [-0.25, -0.2) is 4.98 Å². The van der Waals surface area contributed by atoms with Gasteiger partial charge in [0, 0.05) is 26.4 Å². The van der Waals surface area contributed by atoms with E-state index in [-0.39, 0.29) is 5.56 Å². The van der Waals surface area contributed by atoms with Crippen LogP contribution >= 0.6 is 34.4 Å². The zero-order chi connectivity index (χ0) is 19.8. The maximum Gasteiger partial charge on any atom is 0.260 e. The Morgan fingerprint density at radius 2 is 2.03 bits per heavy atom. The highest BCUT2D eigenvalue weighted by Gasteiger charge is 2.15. The quantitative estimate of drug-likeness (QED) is 0.396. The molecule has 4 aromatic heterocycles. The molecule has 0 aliphatic rings. The van der Waals surface area contributed by atoms with E-state index < -0.39 is 0 Å². The number of hydrogen-bond donors (Lipinski definition) is 1. The Morgan fingerprint density at radius 3 is 2.83 bits per heavy atom. The van der Waals surface area contributed by atoms with Crippen molar-refractivity contribution in [3.05, 3.63) is 75.2 Å². The summed E-state index contributed by atoms with van der Waals surface area (Å²) in [5.74, 6) is 1.13. The summed E-state index contributed by atoms with van der Waals surface area (Å²) in [7, 11) is 0. The highest BCUT2D eigenvalue weighted by molar-refractivity contribution is 7.98. The lowest BCUT2D eigenvalue weighted by molar-refractivity contribution is 0.881. The Bertz CT molecular complexity index is 1350. The van der Waals surface area contributed by atoms with Gasteiger partial charge in [0.2, 0.25) is 0 Å². The summed E-state index contributed by atoms with van der Waals surface area (Å²) in [6.07, 6.45) is 1.69. The second-order valence-corrected chi connectivity index (χ2v) is 9.45. The number of aryl methyl sites for hydroxylation is 1. The Labute approximate surface area is 178 Å². The van der Waals surface area contributed by atoms with Crippen molar-refractivity contribution in [2.75, 3.05) is 0 Å². The standard InChI is InChI=1S/C20H15N5OS3/c1-12-7-8-15(29-12)14-9-27-19-17(14)18(26)22-16(23-19)10-28-20-24-21-11-25(20)13-5-3-2-4-6-13/h2-9,11H,10H2,1H3,(H,22,23,26). The summed E-state index contributed by atoms with van der Waals surface area (Å²) in [4.78, 5) is 23.5. The number of rotatable bonds is 5. The van der Waals surface area contributed by atoms with Crippen LogP contribution in [0.3, 0.4) is 0 Å². The molecule has 6 nitrogen and oxygen atoms in total. The van der Waals surface area contributed by atoms with Gasteiger partial charge in [-0.1, -0.05) is 30.0 Å². The lowest BCUT2D eigenvalue weighted by Crippen LogP contribution is -2.10. The van der Waals surface area contributed by atoms with Gasteiger partial charge in [-0.15, -0.1) is 32.9 Å². The van der Waals surface area contributed by atoms with Gasteiger partial charge in [-0.05, 0) is 31.2 Å². The van der Waals surface area contributed by atoms with Gasteiger partial charge in [-0.2, -0.15) is 0 Å². The lowest BCUT2D eigenvalue weighted by atomic mass is 10.2. The number of thiophene rings is 2. The smallest absolute Gasteiger partial charge is 0.260 e. The summed E-state index contributed by atoms with van der Waals surface area (Å²) < 4.78 is 1.92. The molecule has 0 atom stereocenters. The minimum Gasteiger partial charge on any atom is -0.309 e. The van der Waals surface area contributed by atoms with Crippen LogP contribution in [-0.2, 0) is 5.75 Å². The van der Waals surface area contributed by atoms with Crippen LogP contribution in [0.5, 0.6) is 0 Å². The van der Waals surface area contributed by atoms with E-state index in [0.29, 0.717) is 17.0 Å². The van der Waals surface area contributed by atoms with Crippen molar-refractivity contribution in [2.45, 2.75) is 17.8 Å². The van der Waals surface area contributed by atoms with E-state index in [1.807, 2.05) is 40.3 Å². The molecule has 9 heteroatoms. The Hall–Kier alpha value is -2.75. The average Bonchev–Trinajstić information content (AvgIpc) is 3.46. The van der Waals surface area contributed by atoms with E-state index >= 15 is 0 Å². The van der Waals surface area contributed by atoms with Crippen LogP contribution in [0.1, 0.15) is 10.7 Å². The monoisotopic (exact) mass is 437 g/mol. The lowest BCUT2D eigenvalue weighted by Gasteiger charge is -2.05. The van der Waals surface area contributed by atoms with E-state index in [0.717, 1.165) is 26.1 Å². The highest BCUT2D eigenvalue weighted by atomic mass is 32.2. The van der Waals surface area contributed by atoms with Crippen molar-refractivity contribution in [3.8, 4) is 16.1 Å². The molecule has 144 valence electrons. The molecule has 0 saturated heterocycles.